The molecule has 0 saturated heterocycles. The lowest BCUT2D eigenvalue weighted by Crippen LogP contribution is -2.00. The van der Waals surface area contributed by atoms with Crippen LogP contribution in [0.15, 0.2) is 61.1 Å². The molecule has 0 unspecified atom stereocenters. The molecule has 3 heterocycles. The first-order valence-corrected chi connectivity index (χ1v) is 6.64. The van der Waals surface area contributed by atoms with E-state index in [4.69, 9.17) is 0 Å². The van der Waals surface area contributed by atoms with E-state index in [9.17, 15) is 0 Å². The zero-order chi connectivity index (χ0) is 14.5. The molecule has 0 aliphatic carbocycles. The summed E-state index contributed by atoms with van der Waals surface area (Å²) in [6.07, 6.45) is 5.31. The van der Waals surface area contributed by atoms with Crippen molar-refractivity contribution in [2.24, 2.45) is 0 Å². The Morgan fingerprint density at radius 3 is 2.05 bits per heavy atom. The van der Waals surface area contributed by atoms with Crippen LogP contribution in [0.2, 0.25) is 0 Å². The Morgan fingerprint density at radius 2 is 1.43 bits per heavy atom. The molecule has 3 aromatic heterocycles. The molecule has 3 aromatic rings. The van der Waals surface area contributed by atoms with Gasteiger partial charge in [-0.25, -0.2) is 15.0 Å². The molecule has 0 aliphatic rings. The van der Waals surface area contributed by atoms with Crippen LogP contribution < -0.4 is 10.6 Å². The predicted molar refractivity (Wildman–Crippen MR) is 84.0 cm³/mol. The van der Waals surface area contributed by atoms with Gasteiger partial charge in [0.05, 0.1) is 0 Å². The molecule has 104 valence electrons. The SMILES string of the molecule is Cc1cnc(Nc2ccccn2)cc1Nc1ccccn1. The summed E-state index contributed by atoms with van der Waals surface area (Å²) in [5.41, 5.74) is 2.01. The Hall–Kier alpha value is -2.95. The number of aryl methyl sites for hydroxylation is 1. The summed E-state index contributed by atoms with van der Waals surface area (Å²) in [4.78, 5) is 12.9. The Kier molecular flexibility index (Phi) is 3.73. The largest absolute Gasteiger partial charge is 0.340 e. The summed E-state index contributed by atoms with van der Waals surface area (Å²) in [7, 11) is 0. The van der Waals surface area contributed by atoms with E-state index in [0.717, 1.165) is 28.7 Å². The highest BCUT2D eigenvalue weighted by Crippen LogP contribution is 2.22. The van der Waals surface area contributed by atoms with E-state index < -0.39 is 0 Å². The molecule has 21 heavy (non-hydrogen) atoms. The highest BCUT2D eigenvalue weighted by Gasteiger charge is 2.03. The van der Waals surface area contributed by atoms with Gasteiger partial charge in [-0.15, -0.1) is 0 Å². The zero-order valence-corrected chi connectivity index (χ0v) is 11.6. The van der Waals surface area contributed by atoms with E-state index in [1.807, 2.05) is 55.6 Å². The van der Waals surface area contributed by atoms with Crippen LogP contribution in [0.1, 0.15) is 5.56 Å². The summed E-state index contributed by atoms with van der Waals surface area (Å²) < 4.78 is 0. The van der Waals surface area contributed by atoms with Crippen molar-refractivity contribution in [2.75, 3.05) is 10.6 Å². The number of rotatable bonds is 4. The highest BCUT2D eigenvalue weighted by molar-refractivity contribution is 5.65. The molecule has 5 heteroatoms. The topological polar surface area (TPSA) is 62.7 Å². The molecule has 0 amide bonds. The molecule has 0 aliphatic heterocycles. The molecule has 2 N–H and O–H groups in total. The molecule has 0 atom stereocenters. The second-order valence-corrected chi connectivity index (χ2v) is 4.56. The van der Waals surface area contributed by atoms with Crippen molar-refractivity contribution in [3.63, 3.8) is 0 Å². The lowest BCUT2D eigenvalue weighted by Gasteiger charge is -2.11. The first kappa shape index (κ1) is 13.1. The van der Waals surface area contributed by atoms with Crippen LogP contribution in [-0.4, -0.2) is 15.0 Å². The van der Waals surface area contributed by atoms with Gasteiger partial charge in [0.1, 0.15) is 17.5 Å². The second kappa shape index (κ2) is 6.00. The summed E-state index contributed by atoms with van der Waals surface area (Å²) in [5.74, 6) is 2.30. The lowest BCUT2D eigenvalue weighted by molar-refractivity contribution is 1.22. The third-order valence-corrected chi connectivity index (χ3v) is 2.95. The van der Waals surface area contributed by atoms with Crippen LogP contribution in [0.3, 0.4) is 0 Å². The average molecular weight is 277 g/mol. The van der Waals surface area contributed by atoms with Crippen LogP contribution in [0.25, 0.3) is 0 Å². The van der Waals surface area contributed by atoms with Crippen molar-refractivity contribution >= 4 is 23.1 Å². The van der Waals surface area contributed by atoms with Gasteiger partial charge in [0.15, 0.2) is 0 Å². The van der Waals surface area contributed by atoms with E-state index in [0.29, 0.717) is 0 Å². The summed E-state index contributed by atoms with van der Waals surface area (Å²) in [6, 6.07) is 13.4. The fourth-order valence-electron chi connectivity index (χ4n) is 1.87. The van der Waals surface area contributed by atoms with Gasteiger partial charge in [-0.1, -0.05) is 12.1 Å². The van der Waals surface area contributed by atoms with Crippen LogP contribution in [-0.2, 0) is 0 Å². The molecule has 0 bridgehead atoms. The third-order valence-electron chi connectivity index (χ3n) is 2.95. The van der Waals surface area contributed by atoms with Gasteiger partial charge >= 0.3 is 0 Å². The second-order valence-electron chi connectivity index (χ2n) is 4.56. The van der Waals surface area contributed by atoms with Gasteiger partial charge in [0, 0.05) is 30.3 Å². The van der Waals surface area contributed by atoms with Crippen LogP contribution in [0.4, 0.5) is 23.1 Å². The smallest absolute Gasteiger partial charge is 0.133 e. The van der Waals surface area contributed by atoms with Crippen LogP contribution in [0.5, 0.6) is 0 Å². The minimum Gasteiger partial charge on any atom is -0.340 e. The minimum absolute atomic E-state index is 0.734. The number of nitrogens with one attached hydrogen (secondary N) is 2. The van der Waals surface area contributed by atoms with E-state index in [1.54, 1.807) is 12.4 Å². The summed E-state index contributed by atoms with van der Waals surface area (Å²) in [6.45, 7) is 2.00. The minimum atomic E-state index is 0.734. The van der Waals surface area contributed by atoms with Gasteiger partial charge in [-0.3, -0.25) is 0 Å². The average Bonchev–Trinajstić information content (AvgIpc) is 2.53. The predicted octanol–water partition coefficient (Wildman–Crippen LogP) is 3.67. The van der Waals surface area contributed by atoms with Crippen molar-refractivity contribution in [2.45, 2.75) is 6.92 Å². The van der Waals surface area contributed by atoms with Crippen molar-refractivity contribution in [3.05, 3.63) is 66.6 Å². The molecule has 0 radical (unpaired) electrons. The molecule has 3 rings (SSSR count). The summed E-state index contributed by atoms with van der Waals surface area (Å²) in [5, 5.41) is 6.46. The van der Waals surface area contributed by atoms with Crippen molar-refractivity contribution in [1.29, 1.82) is 0 Å². The van der Waals surface area contributed by atoms with Gasteiger partial charge in [-0.05, 0) is 36.8 Å². The van der Waals surface area contributed by atoms with E-state index in [2.05, 4.69) is 25.6 Å². The van der Waals surface area contributed by atoms with Gasteiger partial charge < -0.3 is 10.6 Å². The fourth-order valence-corrected chi connectivity index (χ4v) is 1.87. The molecule has 0 saturated carbocycles. The monoisotopic (exact) mass is 277 g/mol. The number of hydrogen-bond donors (Lipinski definition) is 2. The maximum absolute atomic E-state index is 4.36. The number of aromatic nitrogens is 3. The first-order chi connectivity index (χ1) is 10.3. The van der Waals surface area contributed by atoms with E-state index in [-0.39, 0.29) is 0 Å². The zero-order valence-electron chi connectivity index (χ0n) is 11.6. The van der Waals surface area contributed by atoms with Gasteiger partial charge in [-0.2, -0.15) is 0 Å². The van der Waals surface area contributed by atoms with Crippen molar-refractivity contribution in [1.82, 2.24) is 15.0 Å². The normalized spacial score (nSPS) is 10.1. The standard InChI is InChI=1S/C16H15N5/c1-12-11-19-16(21-15-7-3-5-9-18-15)10-13(12)20-14-6-2-4-8-17-14/h2-11H,1H3,(H2,17,18,19,20,21). The summed E-state index contributed by atoms with van der Waals surface area (Å²) >= 11 is 0. The first-order valence-electron chi connectivity index (χ1n) is 6.64. The van der Waals surface area contributed by atoms with E-state index in [1.165, 1.54) is 0 Å². The van der Waals surface area contributed by atoms with Gasteiger partial charge in [0.2, 0.25) is 0 Å². The molecule has 0 spiro atoms. The number of hydrogen-bond acceptors (Lipinski definition) is 5. The molecular formula is C16H15N5. The number of nitrogens with zero attached hydrogens (tertiary/aromatic N) is 3. The highest BCUT2D eigenvalue weighted by atomic mass is 15.1. The van der Waals surface area contributed by atoms with Crippen molar-refractivity contribution in [3.8, 4) is 0 Å². The lowest BCUT2D eigenvalue weighted by atomic mass is 10.2. The number of pyridine rings is 3. The maximum atomic E-state index is 4.36. The van der Waals surface area contributed by atoms with Gasteiger partial charge in [0.25, 0.3) is 0 Å². The van der Waals surface area contributed by atoms with E-state index >= 15 is 0 Å². The molecule has 0 aromatic carbocycles. The molecule has 0 fully saturated rings. The fraction of sp³-hybridized carbons (Fsp3) is 0.0625. The van der Waals surface area contributed by atoms with Crippen molar-refractivity contribution < 1.29 is 0 Å². The Bertz CT molecular complexity index is 713. The maximum Gasteiger partial charge on any atom is 0.133 e. The molecular weight excluding hydrogens is 262 g/mol. The Labute approximate surface area is 123 Å². The number of anilines is 4. The third kappa shape index (κ3) is 3.33. The molecule has 5 nitrogen and oxygen atoms in total. The van der Waals surface area contributed by atoms with Crippen LogP contribution in [0, 0.1) is 6.92 Å². The Balaban J connectivity index is 1.83. The van der Waals surface area contributed by atoms with Crippen LogP contribution >= 0.6 is 0 Å². The Morgan fingerprint density at radius 1 is 0.762 bits per heavy atom. The quantitative estimate of drug-likeness (QED) is 0.762.